The third kappa shape index (κ3) is 1.88. The van der Waals surface area contributed by atoms with Gasteiger partial charge >= 0.3 is 6.18 Å². The van der Waals surface area contributed by atoms with Crippen LogP contribution in [0.2, 0.25) is 0 Å². The van der Waals surface area contributed by atoms with Crippen LogP contribution in [0.4, 0.5) is 17.6 Å². The third-order valence-corrected chi connectivity index (χ3v) is 2.11. The van der Waals surface area contributed by atoms with Gasteiger partial charge in [-0.15, -0.1) is 0 Å². The van der Waals surface area contributed by atoms with E-state index in [-0.39, 0.29) is 11.9 Å². The van der Waals surface area contributed by atoms with Gasteiger partial charge in [-0.1, -0.05) is 6.08 Å². The van der Waals surface area contributed by atoms with Gasteiger partial charge in [-0.05, 0) is 11.6 Å². The van der Waals surface area contributed by atoms with Crippen molar-refractivity contribution in [3.63, 3.8) is 0 Å². The lowest BCUT2D eigenvalue weighted by molar-refractivity contribution is -0.226. The third-order valence-electron chi connectivity index (χ3n) is 2.11. The van der Waals surface area contributed by atoms with Gasteiger partial charge in [0.25, 0.3) is 5.67 Å². The number of halogens is 4. The molecular formula is C9H8F4O2. The molecule has 1 rings (SSSR count). The van der Waals surface area contributed by atoms with Gasteiger partial charge in [0.05, 0.1) is 7.11 Å². The highest BCUT2D eigenvalue weighted by atomic mass is 19.4. The van der Waals surface area contributed by atoms with Crippen LogP contribution < -0.4 is 0 Å². The Morgan fingerprint density at radius 1 is 1.47 bits per heavy atom. The normalized spacial score (nSPS) is 26.7. The first-order valence-electron chi connectivity index (χ1n) is 4.01. The molecule has 0 N–H and O–H groups in total. The van der Waals surface area contributed by atoms with E-state index in [4.69, 9.17) is 0 Å². The number of rotatable bonds is 2. The van der Waals surface area contributed by atoms with Crippen molar-refractivity contribution in [2.75, 3.05) is 7.11 Å². The largest absolute Gasteiger partial charge is 0.497 e. The highest BCUT2D eigenvalue weighted by Crippen LogP contribution is 2.45. The Morgan fingerprint density at radius 3 is 2.47 bits per heavy atom. The van der Waals surface area contributed by atoms with Crippen molar-refractivity contribution in [2.24, 2.45) is 0 Å². The number of ether oxygens (including phenoxy) is 1. The Labute approximate surface area is 83.2 Å². The summed E-state index contributed by atoms with van der Waals surface area (Å²) in [6.45, 7) is 0. The van der Waals surface area contributed by atoms with Crippen molar-refractivity contribution in [2.45, 2.75) is 18.3 Å². The van der Waals surface area contributed by atoms with Gasteiger partial charge < -0.3 is 4.74 Å². The second-order valence-electron chi connectivity index (χ2n) is 3.07. The standard InChI is InChI=1S/C9H8F4O2/c1-15-7-3-2-6(5-14)4-8(7,10)9(11,12)13/h2-3,5H,4H2,1H3. The van der Waals surface area contributed by atoms with E-state index in [1.165, 1.54) is 0 Å². The van der Waals surface area contributed by atoms with E-state index in [1.54, 1.807) is 0 Å². The van der Waals surface area contributed by atoms with Crippen molar-refractivity contribution in [3.05, 3.63) is 23.5 Å². The van der Waals surface area contributed by atoms with Gasteiger partial charge in [-0.3, -0.25) is 4.79 Å². The van der Waals surface area contributed by atoms with Gasteiger partial charge in [-0.25, -0.2) is 4.39 Å². The van der Waals surface area contributed by atoms with Crippen LogP contribution >= 0.6 is 0 Å². The van der Waals surface area contributed by atoms with Gasteiger partial charge in [0.15, 0.2) is 0 Å². The smallest absolute Gasteiger partial charge is 0.430 e. The first kappa shape index (κ1) is 11.7. The second kappa shape index (κ2) is 3.67. The van der Waals surface area contributed by atoms with Crippen LogP contribution in [-0.4, -0.2) is 25.2 Å². The fraction of sp³-hybridized carbons (Fsp3) is 0.444. The van der Waals surface area contributed by atoms with Crippen molar-refractivity contribution >= 4 is 6.29 Å². The summed E-state index contributed by atoms with van der Waals surface area (Å²) in [7, 11) is 0.950. The fourth-order valence-corrected chi connectivity index (χ4v) is 1.29. The maximum absolute atomic E-state index is 13.7. The van der Waals surface area contributed by atoms with Crippen LogP contribution in [0.5, 0.6) is 0 Å². The molecule has 0 amide bonds. The molecule has 84 valence electrons. The maximum atomic E-state index is 13.7. The predicted molar refractivity (Wildman–Crippen MR) is 43.8 cm³/mol. The molecule has 0 aromatic rings. The molecule has 2 nitrogen and oxygen atoms in total. The number of aldehydes is 1. The maximum Gasteiger partial charge on any atom is 0.430 e. The number of allylic oxidation sites excluding steroid dienone is 4. The van der Waals surface area contributed by atoms with Crippen LogP contribution in [0.3, 0.4) is 0 Å². The summed E-state index contributed by atoms with van der Waals surface area (Å²) in [4.78, 5) is 10.3. The minimum absolute atomic E-state index is 0.197. The molecule has 0 saturated heterocycles. The molecule has 6 heteroatoms. The molecule has 15 heavy (non-hydrogen) atoms. The Balaban J connectivity index is 3.16. The van der Waals surface area contributed by atoms with E-state index >= 15 is 0 Å². The number of carbonyl (C=O) groups is 1. The summed E-state index contributed by atoms with van der Waals surface area (Å²) in [6.07, 6.45) is -4.02. The first-order chi connectivity index (χ1) is 6.85. The average Bonchev–Trinajstić information content (AvgIpc) is 2.16. The number of hydrogen-bond acceptors (Lipinski definition) is 2. The van der Waals surface area contributed by atoms with Crippen molar-refractivity contribution in [1.82, 2.24) is 0 Å². The highest BCUT2D eigenvalue weighted by Gasteiger charge is 2.60. The first-order valence-corrected chi connectivity index (χ1v) is 4.01. The zero-order valence-corrected chi connectivity index (χ0v) is 7.77. The van der Waals surface area contributed by atoms with Crippen molar-refractivity contribution in [1.29, 1.82) is 0 Å². The summed E-state index contributed by atoms with van der Waals surface area (Å²) < 4.78 is 55.3. The van der Waals surface area contributed by atoms with Crippen LogP contribution in [0, 0.1) is 0 Å². The lowest BCUT2D eigenvalue weighted by Gasteiger charge is -2.31. The summed E-state index contributed by atoms with van der Waals surface area (Å²) in [5, 5.41) is 0. The summed E-state index contributed by atoms with van der Waals surface area (Å²) in [5.41, 5.74) is -3.86. The van der Waals surface area contributed by atoms with Gasteiger partial charge in [0, 0.05) is 6.42 Å². The van der Waals surface area contributed by atoms with Gasteiger partial charge in [0.1, 0.15) is 12.0 Å². The molecular weight excluding hydrogens is 216 g/mol. The molecule has 1 atom stereocenters. The molecule has 0 aliphatic heterocycles. The molecule has 0 spiro atoms. The molecule has 0 bridgehead atoms. The molecule has 0 saturated carbocycles. The number of methoxy groups -OCH3 is 1. The zero-order chi connectivity index (χ0) is 11.7. The summed E-state index contributed by atoms with van der Waals surface area (Å²) in [5.74, 6) is -0.833. The summed E-state index contributed by atoms with van der Waals surface area (Å²) in [6, 6.07) is 0. The summed E-state index contributed by atoms with van der Waals surface area (Å²) >= 11 is 0. The molecule has 1 aliphatic rings. The lowest BCUT2D eigenvalue weighted by atomic mass is 9.89. The highest BCUT2D eigenvalue weighted by molar-refractivity contribution is 5.75. The SMILES string of the molecule is COC1=CC=C(C=O)CC1(F)C(F)(F)F. The topological polar surface area (TPSA) is 26.3 Å². The monoisotopic (exact) mass is 224 g/mol. The molecule has 1 unspecified atom stereocenters. The average molecular weight is 224 g/mol. The number of alkyl halides is 4. The molecule has 0 heterocycles. The van der Waals surface area contributed by atoms with Gasteiger partial charge in [-0.2, -0.15) is 13.2 Å². The molecule has 0 radical (unpaired) electrons. The minimum atomic E-state index is -5.10. The molecule has 1 aliphatic carbocycles. The Bertz CT molecular complexity index is 329. The fourth-order valence-electron chi connectivity index (χ4n) is 1.29. The van der Waals surface area contributed by atoms with Gasteiger partial charge in [0.2, 0.25) is 0 Å². The number of carbonyl (C=O) groups excluding carboxylic acids is 1. The Morgan fingerprint density at radius 2 is 2.07 bits per heavy atom. The van der Waals surface area contributed by atoms with E-state index in [1.807, 2.05) is 0 Å². The van der Waals surface area contributed by atoms with Crippen LogP contribution in [-0.2, 0) is 9.53 Å². The van der Waals surface area contributed by atoms with Crippen LogP contribution in [0.25, 0.3) is 0 Å². The van der Waals surface area contributed by atoms with E-state index in [9.17, 15) is 22.4 Å². The van der Waals surface area contributed by atoms with Crippen molar-refractivity contribution < 1.29 is 27.1 Å². The quantitative estimate of drug-likeness (QED) is 0.531. The van der Waals surface area contributed by atoms with E-state index in [2.05, 4.69) is 4.74 Å². The zero-order valence-electron chi connectivity index (χ0n) is 7.77. The Hall–Kier alpha value is -1.33. The predicted octanol–water partition coefficient (Wildman–Crippen LogP) is 2.32. The van der Waals surface area contributed by atoms with Crippen molar-refractivity contribution in [3.8, 4) is 0 Å². The molecule has 0 aromatic heterocycles. The van der Waals surface area contributed by atoms with E-state index in [0.717, 1.165) is 19.3 Å². The molecule has 0 fully saturated rings. The molecule has 0 aromatic carbocycles. The van der Waals surface area contributed by atoms with Crippen LogP contribution in [0.15, 0.2) is 23.5 Å². The van der Waals surface area contributed by atoms with Crippen LogP contribution in [0.1, 0.15) is 6.42 Å². The minimum Gasteiger partial charge on any atom is -0.497 e. The second-order valence-corrected chi connectivity index (χ2v) is 3.07. The Kier molecular flexibility index (Phi) is 2.88. The van der Waals surface area contributed by atoms with E-state index in [0.29, 0.717) is 0 Å². The number of hydrogen-bond donors (Lipinski definition) is 0. The lowest BCUT2D eigenvalue weighted by Crippen LogP contribution is -2.44. The van der Waals surface area contributed by atoms with E-state index < -0.39 is 24.0 Å².